The zero-order chi connectivity index (χ0) is 9.68. The molecule has 0 unspecified atom stereocenters. The number of benzene rings is 1. The van der Waals surface area contributed by atoms with Crippen molar-refractivity contribution in [3.63, 3.8) is 0 Å². The third-order valence-electron chi connectivity index (χ3n) is 1.93. The summed E-state index contributed by atoms with van der Waals surface area (Å²) in [4.78, 5) is 0. The lowest BCUT2D eigenvalue weighted by Gasteiger charge is -2.11. The molecular weight excluding hydrogens is 160 g/mol. The minimum Gasteiger partial charge on any atom is -0.386 e. The van der Waals surface area contributed by atoms with Crippen molar-refractivity contribution in [1.82, 2.24) is 0 Å². The first-order chi connectivity index (χ1) is 6.27. The summed E-state index contributed by atoms with van der Waals surface area (Å²) >= 11 is 0. The molecule has 70 valence electrons. The van der Waals surface area contributed by atoms with Crippen LogP contribution in [0.1, 0.15) is 13.3 Å². The summed E-state index contributed by atoms with van der Waals surface area (Å²) in [5.41, 5.74) is 3.21. The summed E-state index contributed by atoms with van der Waals surface area (Å²) < 4.78 is 0. The minimum absolute atomic E-state index is 0.943. The maximum Gasteiger partial charge on any atom is 0.0617 e. The molecular formula is C11H16N2. The van der Waals surface area contributed by atoms with Crippen LogP contribution in [0.15, 0.2) is 36.5 Å². The molecule has 2 heteroatoms. The molecule has 0 amide bonds. The Morgan fingerprint density at radius 2 is 1.92 bits per heavy atom. The fourth-order valence-electron chi connectivity index (χ4n) is 1.09. The van der Waals surface area contributed by atoms with Crippen molar-refractivity contribution in [3.8, 4) is 0 Å². The van der Waals surface area contributed by atoms with E-state index in [-0.39, 0.29) is 0 Å². The van der Waals surface area contributed by atoms with E-state index < -0.39 is 0 Å². The second kappa shape index (κ2) is 4.55. The van der Waals surface area contributed by atoms with E-state index in [4.69, 9.17) is 0 Å². The highest BCUT2D eigenvalue weighted by Crippen LogP contribution is 2.21. The van der Waals surface area contributed by atoms with E-state index in [2.05, 4.69) is 24.1 Å². The first-order valence-electron chi connectivity index (χ1n) is 4.49. The summed E-state index contributed by atoms with van der Waals surface area (Å²) in [6, 6.07) is 8.08. The largest absolute Gasteiger partial charge is 0.386 e. The number of allylic oxidation sites excluding steroid dienone is 1. The Morgan fingerprint density at radius 1 is 1.31 bits per heavy atom. The van der Waals surface area contributed by atoms with Crippen molar-refractivity contribution in [1.29, 1.82) is 0 Å². The van der Waals surface area contributed by atoms with Crippen molar-refractivity contribution in [2.75, 3.05) is 17.7 Å². The number of hydrogen-bond donors (Lipinski definition) is 2. The van der Waals surface area contributed by atoms with Gasteiger partial charge in [-0.15, -0.1) is 0 Å². The predicted octanol–water partition coefficient (Wildman–Crippen LogP) is 3.06. The molecule has 0 aliphatic heterocycles. The van der Waals surface area contributed by atoms with Crippen molar-refractivity contribution in [3.05, 3.63) is 36.5 Å². The fourth-order valence-corrected chi connectivity index (χ4v) is 1.09. The second-order valence-corrected chi connectivity index (χ2v) is 2.88. The number of hydrogen-bond acceptors (Lipinski definition) is 2. The van der Waals surface area contributed by atoms with Gasteiger partial charge in [0, 0.05) is 12.7 Å². The second-order valence-electron chi connectivity index (χ2n) is 2.88. The standard InChI is InChI=1S/C11H16N2/c1-4-9(2)13-11-8-6-5-7-10(11)12-3/h5-8,12-13H,2,4H2,1,3H3. The van der Waals surface area contributed by atoms with E-state index in [9.17, 15) is 0 Å². The molecule has 13 heavy (non-hydrogen) atoms. The van der Waals surface area contributed by atoms with E-state index in [1.807, 2.05) is 31.3 Å². The average Bonchev–Trinajstić information content (AvgIpc) is 2.18. The average molecular weight is 176 g/mol. The maximum atomic E-state index is 3.90. The molecule has 0 bridgehead atoms. The minimum atomic E-state index is 0.943. The quantitative estimate of drug-likeness (QED) is 0.736. The van der Waals surface area contributed by atoms with Gasteiger partial charge in [0.05, 0.1) is 11.4 Å². The van der Waals surface area contributed by atoms with Crippen LogP contribution < -0.4 is 10.6 Å². The van der Waals surface area contributed by atoms with Gasteiger partial charge in [-0.25, -0.2) is 0 Å². The van der Waals surface area contributed by atoms with Crippen LogP contribution in [0.25, 0.3) is 0 Å². The number of rotatable bonds is 4. The Labute approximate surface area is 79.7 Å². The lowest BCUT2D eigenvalue weighted by atomic mass is 10.2. The van der Waals surface area contributed by atoms with Crippen molar-refractivity contribution in [2.24, 2.45) is 0 Å². The summed E-state index contributed by atoms with van der Waals surface area (Å²) in [6.45, 7) is 5.99. The van der Waals surface area contributed by atoms with Crippen molar-refractivity contribution in [2.45, 2.75) is 13.3 Å². The van der Waals surface area contributed by atoms with Crippen LogP contribution in [-0.2, 0) is 0 Å². The molecule has 0 radical (unpaired) electrons. The molecule has 2 N–H and O–H groups in total. The van der Waals surface area contributed by atoms with Gasteiger partial charge in [-0.3, -0.25) is 0 Å². The molecule has 0 aromatic heterocycles. The van der Waals surface area contributed by atoms with Gasteiger partial charge in [0.1, 0.15) is 0 Å². The van der Waals surface area contributed by atoms with Crippen LogP contribution in [0.5, 0.6) is 0 Å². The highest BCUT2D eigenvalue weighted by molar-refractivity contribution is 5.69. The van der Waals surface area contributed by atoms with Crippen LogP contribution in [0, 0.1) is 0 Å². The smallest absolute Gasteiger partial charge is 0.0617 e. The molecule has 0 spiro atoms. The highest BCUT2D eigenvalue weighted by Gasteiger charge is 1.98. The maximum absolute atomic E-state index is 3.90. The normalized spacial score (nSPS) is 9.38. The highest BCUT2D eigenvalue weighted by atomic mass is 14.9. The van der Waals surface area contributed by atoms with Gasteiger partial charge in [-0.2, -0.15) is 0 Å². The molecule has 1 aromatic rings. The molecule has 2 nitrogen and oxygen atoms in total. The molecule has 0 saturated heterocycles. The van der Waals surface area contributed by atoms with Crippen LogP contribution >= 0.6 is 0 Å². The SMILES string of the molecule is C=C(CC)Nc1ccccc1NC. The van der Waals surface area contributed by atoms with Gasteiger partial charge in [0.25, 0.3) is 0 Å². The third kappa shape index (κ3) is 2.51. The van der Waals surface area contributed by atoms with Gasteiger partial charge in [0.15, 0.2) is 0 Å². The van der Waals surface area contributed by atoms with Crippen molar-refractivity contribution < 1.29 is 0 Å². The number of nitrogens with one attached hydrogen (secondary N) is 2. The van der Waals surface area contributed by atoms with Crippen LogP contribution in [0.4, 0.5) is 11.4 Å². The van der Waals surface area contributed by atoms with Crippen LogP contribution in [0.3, 0.4) is 0 Å². The molecule has 0 atom stereocenters. The van der Waals surface area contributed by atoms with E-state index in [1.165, 1.54) is 0 Å². The Kier molecular flexibility index (Phi) is 3.38. The van der Waals surface area contributed by atoms with Crippen molar-refractivity contribution >= 4 is 11.4 Å². The van der Waals surface area contributed by atoms with Crippen LogP contribution in [0.2, 0.25) is 0 Å². The molecule has 0 saturated carbocycles. The molecule has 0 fully saturated rings. The zero-order valence-electron chi connectivity index (χ0n) is 8.22. The van der Waals surface area contributed by atoms with E-state index in [0.717, 1.165) is 23.5 Å². The van der Waals surface area contributed by atoms with Gasteiger partial charge in [-0.1, -0.05) is 25.6 Å². The summed E-state index contributed by atoms with van der Waals surface area (Å²) in [5, 5.41) is 6.38. The predicted molar refractivity (Wildman–Crippen MR) is 59.0 cm³/mol. The number of para-hydroxylation sites is 2. The zero-order valence-corrected chi connectivity index (χ0v) is 8.22. The van der Waals surface area contributed by atoms with E-state index in [1.54, 1.807) is 0 Å². The first kappa shape index (κ1) is 9.65. The summed E-state index contributed by atoms with van der Waals surface area (Å²) in [5.74, 6) is 0. The van der Waals surface area contributed by atoms with Gasteiger partial charge < -0.3 is 10.6 Å². The van der Waals surface area contributed by atoms with E-state index in [0.29, 0.717) is 0 Å². The molecule has 1 aromatic carbocycles. The number of anilines is 2. The van der Waals surface area contributed by atoms with Gasteiger partial charge in [0.2, 0.25) is 0 Å². The summed E-state index contributed by atoms with van der Waals surface area (Å²) in [7, 11) is 1.91. The molecule has 0 heterocycles. The molecule has 1 rings (SSSR count). The van der Waals surface area contributed by atoms with Crippen LogP contribution in [-0.4, -0.2) is 7.05 Å². The van der Waals surface area contributed by atoms with Gasteiger partial charge in [-0.05, 0) is 18.6 Å². The Balaban J connectivity index is 2.81. The third-order valence-corrected chi connectivity index (χ3v) is 1.93. The summed E-state index contributed by atoms with van der Waals surface area (Å²) in [6.07, 6.45) is 0.943. The monoisotopic (exact) mass is 176 g/mol. The Morgan fingerprint density at radius 3 is 2.46 bits per heavy atom. The first-order valence-corrected chi connectivity index (χ1v) is 4.49. The lowest BCUT2D eigenvalue weighted by Crippen LogP contribution is -2.00. The Bertz CT molecular complexity index is 292. The molecule has 0 aliphatic carbocycles. The Hall–Kier alpha value is -1.44. The van der Waals surface area contributed by atoms with E-state index >= 15 is 0 Å². The molecule has 0 aliphatic rings. The van der Waals surface area contributed by atoms with Gasteiger partial charge >= 0.3 is 0 Å². The fraction of sp³-hybridized carbons (Fsp3) is 0.273. The lowest BCUT2D eigenvalue weighted by molar-refractivity contribution is 1.11. The topological polar surface area (TPSA) is 24.1 Å².